The van der Waals surface area contributed by atoms with Crippen molar-refractivity contribution in [1.82, 2.24) is 20.2 Å². The first-order valence-electron chi connectivity index (χ1n) is 8.87. The Balaban J connectivity index is 1.99. The van der Waals surface area contributed by atoms with Gasteiger partial charge < -0.3 is 10.6 Å². The topological polar surface area (TPSA) is 54.2 Å². The van der Waals surface area contributed by atoms with Gasteiger partial charge in [0, 0.05) is 30.5 Å². The van der Waals surface area contributed by atoms with Crippen LogP contribution in [0.3, 0.4) is 0 Å². The third-order valence-electron chi connectivity index (χ3n) is 3.99. The summed E-state index contributed by atoms with van der Waals surface area (Å²) in [7, 11) is 0. The molecular formula is C19H26ClF2N5. The van der Waals surface area contributed by atoms with E-state index in [1.807, 2.05) is 25.1 Å². The lowest BCUT2D eigenvalue weighted by molar-refractivity contribution is 0.0671. The molecule has 0 saturated carbocycles. The average molecular weight is 398 g/mol. The van der Waals surface area contributed by atoms with E-state index in [-0.39, 0.29) is 17.8 Å². The highest BCUT2D eigenvalue weighted by atomic mass is 35.5. The largest absolute Gasteiger partial charge is 0.357 e. The second kappa shape index (κ2) is 9.69. The summed E-state index contributed by atoms with van der Waals surface area (Å²) < 4.78 is 26.6. The van der Waals surface area contributed by atoms with Crippen molar-refractivity contribution < 1.29 is 8.78 Å². The summed E-state index contributed by atoms with van der Waals surface area (Å²) in [6.07, 6.45) is 3.45. The SMILES string of the molecule is CCNC(=NCc1nccn1C(F)F)NCC(C)(C)Cc1cccc(Cl)c1. The van der Waals surface area contributed by atoms with Crippen LogP contribution in [0.5, 0.6) is 0 Å². The molecule has 0 radical (unpaired) electrons. The highest BCUT2D eigenvalue weighted by Gasteiger charge is 2.19. The molecule has 0 spiro atoms. The maximum atomic E-state index is 12.9. The van der Waals surface area contributed by atoms with E-state index in [1.54, 1.807) is 0 Å². The molecule has 2 aromatic rings. The van der Waals surface area contributed by atoms with Crippen LogP contribution in [0.15, 0.2) is 41.7 Å². The van der Waals surface area contributed by atoms with E-state index in [0.29, 0.717) is 19.0 Å². The molecule has 5 nitrogen and oxygen atoms in total. The van der Waals surface area contributed by atoms with Crippen molar-refractivity contribution in [3.63, 3.8) is 0 Å². The van der Waals surface area contributed by atoms with E-state index < -0.39 is 6.55 Å². The molecule has 0 unspecified atom stereocenters. The summed E-state index contributed by atoms with van der Waals surface area (Å²) in [5.74, 6) is 0.792. The molecule has 0 saturated heterocycles. The predicted molar refractivity (Wildman–Crippen MR) is 105 cm³/mol. The van der Waals surface area contributed by atoms with Crippen molar-refractivity contribution in [2.45, 2.75) is 40.3 Å². The number of benzene rings is 1. The van der Waals surface area contributed by atoms with E-state index in [4.69, 9.17) is 11.6 Å². The monoisotopic (exact) mass is 397 g/mol. The molecule has 27 heavy (non-hydrogen) atoms. The standard InChI is InChI=1S/C19H26ClF2N5/c1-4-23-18(25-12-16-24-8-9-27(16)17(21)22)26-13-19(2,3)11-14-6-5-7-15(20)10-14/h5-10,17H,4,11-13H2,1-3H3,(H2,23,25,26). The van der Waals surface area contributed by atoms with Crippen LogP contribution in [-0.4, -0.2) is 28.6 Å². The van der Waals surface area contributed by atoms with Gasteiger partial charge in [0.15, 0.2) is 5.96 Å². The zero-order valence-corrected chi connectivity index (χ0v) is 16.6. The third-order valence-corrected chi connectivity index (χ3v) is 4.22. The minimum absolute atomic E-state index is 0.0533. The number of imidazole rings is 1. The quantitative estimate of drug-likeness (QED) is 0.517. The van der Waals surface area contributed by atoms with Gasteiger partial charge in [0.25, 0.3) is 0 Å². The van der Waals surface area contributed by atoms with Gasteiger partial charge in [-0.25, -0.2) is 9.98 Å². The molecule has 0 amide bonds. The molecular weight excluding hydrogens is 372 g/mol. The summed E-state index contributed by atoms with van der Waals surface area (Å²) in [5, 5.41) is 7.14. The molecule has 1 aromatic heterocycles. The van der Waals surface area contributed by atoms with E-state index in [0.717, 1.165) is 21.6 Å². The van der Waals surface area contributed by atoms with E-state index >= 15 is 0 Å². The lowest BCUT2D eigenvalue weighted by Crippen LogP contribution is -2.42. The van der Waals surface area contributed by atoms with Gasteiger partial charge in [-0.15, -0.1) is 0 Å². The summed E-state index contributed by atoms with van der Waals surface area (Å²) in [5.41, 5.74) is 1.11. The van der Waals surface area contributed by atoms with Crippen molar-refractivity contribution in [3.8, 4) is 0 Å². The number of guanidine groups is 1. The Morgan fingerprint density at radius 3 is 2.78 bits per heavy atom. The Labute approximate surface area is 163 Å². The van der Waals surface area contributed by atoms with Crippen molar-refractivity contribution >= 4 is 17.6 Å². The first-order valence-corrected chi connectivity index (χ1v) is 9.25. The van der Waals surface area contributed by atoms with Crippen LogP contribution in [0.2, 0.25) is 5.02 Å². The molecule has 1 aromatic carbocycles. The first-order chi connectivity index (χ1) is 12.8. The molecule has 2 N–H and O–H groups in total. The van der Waals surface area contributed by atoms with Gasteiger partial charge in [-0.1, -0.05) is 37.6 Å². The maximum Gasteiger partial charge on any atom is 0.319 e. The van der Waals surface area contributed by atoms with Gasteiger partial charge in [-0.3, -0.25) is 4.57 Å². The first kappa shape index (κ1) is 21.2. The van der Waals surface area contributed by atoms with Gasteiger partial charge in [-0.05, 0) is 36.5 Å². The van der Waals surface area contributed by atoms with Crippen molar-refractivity contribution in [2.75, 3.05) is 13.1 Å². The highest BCUT2D eigenvalue weighted by molar-refractivity contribution is 6.30. The second-order valence-electron chi connectivity index (χ2n) is 7.05. The van der Waals surface area contributed by atoms with Crippen LogP contribution in [0.4, 0.5) is 8.78 Å². The smallest absolute Gasteiger partial charge is 0.319 e. The Bertz CT molecular complexity index is 758. The summed E-state index contributed by atoms with van der Waals surface area (Å²) in [6.45, 7) is 5.03. The molecule has 0 aliphatic rings. The zero-order chi connectivity index (χ0) is 19.9. The fraction of sp³-hybridized carbons (Fsp3) is 0.474. The maximum absolute atomic E-state index is 12.9. The van der Waals surface area contributed by atoms with E-state index in [1.165, 1.54) is 12.4 Å². The number of halogens is 3. The molecule has 0 atom stereocenters. The minimum Gasteiger partial charge on any atom is -0.357 e. The number of nitrogens with zero attached hydrogens (tertiary/aromatic N) is 3. The number of nitrogens with one attached hydrogen (secondary N) is 2. The minimum atomic E-state index is -2.62. The summed E-state index contributed by atoms with van der Waals surface area (Å²) in [6, 6.07) is 7.82. The zero-order valence-electron chi connectivity index (χ0n) is 15.8. The van der Waals surface area contributed by atoms with Crippen molar-refractivity contribution in [2.24, 2.45) is 10.4 Å². The third kappa shape index (κ3) is 6.82. The van der Waals surface area contributed by atoms with Gasteiger partial charge >= 0.3 is 6.55 Å². The number of aromatic nitrogens is 2. The van der Waals surface area contributed by atoms with Gasteiger partial charge in [-0.2, -0.15) is 8.78 Å². The summed E-state index contributed by atoms with van der Waals surface area (Å²) >= 11 is 6.06. The number of hydrogen-bond acceptors (Lipinski definition) is 2. The van der Waals surface area contributed by atoms with E-state index in [9.17, 15) is 8.78 Å². The van der Waals surface area contributed by atoms with Crippen LogP contribution in [0.1, 0.15) is 38.7 Å². The van der Waals surface area contributed by atoms with E-state index in [2.05, 4.69) is 40.5 Å². The summed E-state index contributed by atoms with van der Waals surface area (Å²) in [4.78, 5) is 8.33. The van der Waals surface area contributed by atoms with Gasteiger partial charge in [0.1, 0.15) is 12.4 Å². The molecule has 2 rings (SSSR count). The number of hydrogen-bond donors (Lipinski definition) is 2. The average Bonchev–Trinajstić information content (AvgIpc) is 3.06. The number of alkyl halides is 2. The molecule has 148 valence electrons. The Morgan fingerprint density at radius 1 is 1.33 bits per heavy atom. The van der Waals surface area contributed by atoms with Crippen LogP contribution >= 0.6 is 11.6 Å². The Morgan fingerprint density at radius 2 is 2.11 bits per heavy atom. The molecule has 0 aliphatic heterocycles. The predicted octanol–water partition coefficient (Wildman–Crippen LogP) is 4.26. The molecule has 0 aliphatic carbocycles. The molecule has 8 heteroatoms. The van der Waals surface area contributed by atoms with Crippen LogP contribution in [-0.2, 0) is 13.0 Å². The van der Waals surface area contributed by atoms with Gasteiger partial charge in [0.2, 0.25) is 0 Å². The van der Waals surface area contributed by atoms with Crippen LogP contribution < -0.4 is 10.6 Å². The normalized spacial score (nSPS) is 12.5. The van der Waals surface area contributed by atoms with Crippen LogP contribution in [0.25, 0.3) is 0 Å². The number of rotatable bonds is 8. The van der Waals surface area contributed by atoms with Crippen LogP contribution in [0, 0.1) is 5.41 Å². The molecule has 1 heterocycles. The second-order valence-corrected chi connectivity index (χ2v) is 7.48. The fourth-order valence-corrected chi connectivity index (χ4v) is 2.93. The lowest BCUT2D eigenvalue weighted by Gasteiger charge is -2.26. The highest BCUT2D eigenvalue weighted by Crippen LogP contribution is 2.22. The lowest BCUT2D eigenvalue weighted by atomic mass is 9.86. The number of aliphatic imine (C=N–C) groups is 1. The fourth-order valence-electron chi connectivity index (χ4n) is 2.72. The Hall–Kier alpha value is -2.15. The Kier molecular flexibility index (Phi) is 7.59. The van der Waals surface area contributed by atoms with Gasteiger partial charge in [0.05, 0.1) is 0 Å². The van der Waals surface area contributed by atoms with Crippen molar-refractivity contribution in [3.05, 3.63) is 53.1 Å². The van der Waals surface area contributed by atoms with Crippen molar-refractivity contribution in [1.29, 1.82) is 0 Å². The molecule has 0 bridgehead atoms. The molecule has 0 fully saturated rings.